The van der Waals surface area contributed by atoms with E-state index in [1.165, 1.54) is 10.4 Å². The minimum absolute atomic E-state index is 0.257. The highest BCUT2D eigenvalue weighted by atomic mass is 32.1. The van der Waals surface area contributed by atoms with Gasteiger partial charge in [0, 0.05) is 10.4 Å². The Morgan fingerprint density at radius 2 is 1.81 bits per heavy atom. The molecular formula is C16H24N2O2S+2. The summed E-state index contributed by atoms with van der Waals surface area (Å²) in [4.78, 5) is 1.24. The van der Waals surface area contributed by atoms with Crippen LogP contribution in [0.25, 0.3) is 0 Å². The Hall–Kier alpha value is -1.40. The first kappa shape index (κ1) is 16.0. The minimum atomic E-state index is 0.257. The summed E-state index contributed by atoms with van der Waals surface area (Å²) >= 11 is 1.72. The van der Waals surface area contributed by atoms with E-state index in [9.17, 15) is 0 Å². The van der Waals surface area contributed by atoms with Crippen molar-refractivity contribution in [2.75, 3.05) is 26.2 Å². The first-order chi connectivity index (χ1) is 10.4. The van der Waals surface area contributed by atoms with Crippen molar-refractivity contribution in [1.29, 1.82) is 0 Å². The quantitative estimate of drug-likeness (QED) is 0.539. The zero-order valence-electron chi connectivity index (χ0n) is 12.2. The molecule has 0 spiro atoms. The maximum Gasteiger partial charge on any atom is 0.125 e. The third kappa shape index (κ3) is 6.27. The number of ether oxygens (including phenoxy) is 1. The molecule has 0 unspecified atom stereocenters. The maximum absolute atomic E-state index is 8.68. The Balaban J connectivity index is 1.64. The highest BCUT2D eigenvalue weighted by molar-refractivity contribution is 7.09. The molecule has 114 valence electrons. The van der Waals surface area contributed by atoms with E-state index >= 15 is 0 Å². The lowest BCUT2D eigenvalue weighted by atomic mass is 10.2. The lowest BCUT2D eigenvalue weighted by molar-refractivity contribution is -0.731. The average Bonchev–Trinajstić information content (AvgIpc) is 3.03. The lowest BCUT2D eigenvalue weighted by Crippen LogP contribution is -2.94. The summed E-state index contributed by atoms with van der Waals surface area (Å²) in [6, 6.07) is 12.4. The van der Waals surface area contributed by atoms with Gasteiger partial charge in [0.05, 0.1) is 13.2 Å². The molecule has 0 bridgehead atoms. The Bertz CT molecular complexity index is 485. The van der Waals surface area contributed by atoms with E-state index in [0.717, 1.165) is 31.9 Å². The third-order valence-electron chi connectivity index (χ3n) is 3.17. The van der Waals surface area contributed by atoms with Gasteiger partial charge >= 0.3 is 0 Å². The predicted octanol–water partition coefficient (Wildman–Crippen LogP) is -0.0538. The van der Waals surface area contributed by atoms with Crippen molar-refractivity contribution in [2.24, 2.45) is 0 Å². The van der Waals surface area contributed by atoms with Crippen LogP contribution in [0.4, 0.5) is 0 Å². The highest BCUT2D eigenvalue weighted by Gasteiger charge is 2.00. The number of rotatable bonds is 10. The second-order valence-electron chi connectivity index (χ2n) is 4.88. The van der Waals surface area contributed by atoms with Crippen LogP contribution in [0.5, 0.6) is 5.75 Å². The van der Waals surface area contributed by atoms with Crippen LogP contribution in [0.2, 0.25) is 0 Å². The van der Waals surface area contributed by atoms with Crippen LogP contribution >= 0.6 is 11.3 Å². The fourth-order valence-corrected chi connectivity index (χ4v) is 2.63. The fourth-order valence-electron chi connectivity index (χ4n) is 2.01. The van der Waals surface area contributed by atoms with Gasteiger partial charge in [-0.05, 0) is 35.7 Å². The third-order valence-corrected chi connectivity index (χ3v) is 4.02. The van der Waals surface area contributed by atoms with Gasteiger partial charge in [-0.2, -0.15) is 0 Å². The second-order valence-corrected chi connectivity index (χ2v) is 5.92. The van der Waals surface area contributed by atoms with E-state index in [4.69, 9.17) is 9.84 Å². The molecule has 2 rings (SSSR count). The molecule has 5 heteroatoms. The van der Waals surface area contributed by atoms with E-state index in [-0.39, 0.29) is 6.61 Å². The summed E-state index contributed by atoms with van der Waals surface area (Å²) in [5, 5.41) is 15.2. The molecule has 0 amide bonds. The van der Waals surface area contributed by atoms with Gasteiger partial charge in [-0.25, -0.2) is 0 Å². The first-order valence-electron chi connectivity index (χ1n) is 7.37. The smallest absolute Gasteiger partial charge is 0.125 e. The highest BCUT2D eigenvalue weighted by Crippen LogP contribution is 2.16. The SMILES string of the molecule is OCC[NH2+]CC[NH2+]Cc1ccc(OCc2cccs2)cc1. The van der Waals surface area contributed by atoms with E-state index in [1.807, 2.05) is 18.2 Å². The van der Waals surface area contributed by atoms with Crippen LogP contribution in [-0.2, 0) is 13.2 Å². The number of thiophene rings is 1. The van der Waals surface area contributed by atoms with Gasteiger partial charge in [-0.15, -0.1) is 11.3 Å². The van der Waals surface area contributed by atoms with Crippen LogP contribution in [0.15, 0.2) is 41.8 Å². The van der Waals surface area contributed by atoms with Gasteiger partial charge in [-0.1, -0.05) is 6.07 Å². The molecule has 0 fully saturated rings. The zero-order valence-corrected chi connectivity index (χ0v) is 13.0. The number of nitrogens with two attached hydrogens (primary N) is 2. The molecular weight excluding hydrogens is 284 g/mol. The molecule has 0 atom stereocenters. The molecule has 0 saturated carbocycles. The average molecular weight is 308 g/mol. The molecule has 5 N–H and O–H groups in total. The van der Waals surface area contributed by atoms with Crippen LogP contribution in [0, 0.1) is 0 Å². The Labute approximate surface area is 129 Å². The minimum Gasteiger partial charge on any atom is -0.488 e. The molecule has 1 aromatic carbocycles. The Kier molecular flexibility index (Phi) is 7.24. The Morgan fingerprint density at radius 1 is 1.00 bits per heavy atom. The lowest BCUT2D eigenvalue weighted by Gasteiger charge is -2.06. The molecule has 0 aliphatic heterocycles. The van der Waals surface area contributed by atoms with E-state index in [0.29, 0.717) is 6.61 Å². The van der Waals surface area contributed by atoms with Crippen molar-refractivity contribution in [3.8, 4) is 5.75 Å². The van der Waals surface area contributed by atoms with Gasteiger partial charge in [0.1, 0.15) is 32.0 Å². The van der Waals surface area contributed by atoms with Gasteiger partial charge in [0.25, 0.3) is 0 Å². The summed E-state index contributed by atoms with van der Waals surface area (Å²) < 4.78 is 5.75. The molecule has 0 aliphatic carbocycles. The summed E-state index contributed by atoms with van der Waals surface area (Å²) in [5.41, 5.74) is 1.31. The van der Waals surface area contributed by atoms with Crippen LogP contribution < -0.4 is 15.4 Å². The number of quaternary nitrogens is 2. The van der Waals surface area contributed by atoms with E-state index < -0.39 is 0 Å². The van der Waals surface area contributed by atoms with Crippen molar-refractivity contribution >= 4 is 11.3 Å². The van der Waals surface area contributed by atoms with Crippen LogP contribution in [0.3, 0.4) is 0 Å². The molecule has 1 heterocycles. The Morgan fingerprint density at radius 3 is 2.52 bits per heavy atom. The van der Waals surface area contributed by atoms with Crippen LogP contribution in [0.1, 0.15) is 10.4 Å². The molecule has 21 heavy (non-hydrogen) atoms. The van der Waals surface area contributed by atoms with Crippen molar-refractivity contribution < 1.29 is 20.5 Å². The topological polar surface area (TPSA) is 62.7 Å². The molecule has 1 aromatic heterocycles. The number of hydrogen-bond acceptors (Lipinski definition) is 3. The number of hydrogen-bond donors (Lipinski definition) is 3. The summed E-state index contributed by atoms with van der Waals surface area (Å²) in [7, 11) is 0. The fraction of sp³-hybridized carbons (Fsp3) is 0.375. The maximum atomic E-state index is 8.68. The summed E-state index contributed by atoms with van der Waals surface area (Å²) in [5.74, 6) is 0.920. The van der Waals surface area contributed by atoms with Gasteiger partial charge in [-0.3, -0.25) is 0 Å². The largest absolute Gasteiger partial charge is 0.488 e. The standard InChI is InChI=1S/C16H22N2O2S/c19-10-9-17-7-8-18-12-14-3-5-15(6-4-14)20-13-16-2-1-11-21-16/h1-6,11,17-19H,7-10,12-13H2/p+2. The van der Waals surface area contributed by atoms with Gasteiger partial charge in [0.2, 0.25) is 0 Å². The van der Waals surface area contributed by atoms with E-state index in [1.54, 1.807) is 11.3 Å². The monoisotopic (exact) mass is 308 g/mol. The first-order valence-corrected chi connectivity index (χ1v) is 8.25. The van der Waals surface area contributed by atoms with Gasteiger partial charge in [0.15, 0.2) is 0 Å². The van der Waals surface area contributed by atoms with Crippen LogP contribution in [-0.4, -0.2) is 31.3 Å². The summed E-state index contributed by atoms with van der Waals surface area (Å²) in [6.45, 7) is 4.79. The normalized spacial score (nSPS) is 10.7. The predicted molar refractivity (Wildman–Crippen MR) is 84.3 cm³/mol. The number of aliphatic hydroxyl groups is 1. The number of benzene rings is 1. The van der Waals surface area contributed by atoms with Crippen molar-refractivity contribution in [1.82, 2.24) is 0 Å². The molecule has 0 radical (unpaired) electrons. The molecule has 2 aromatic rings. The van der Waals surface area contributed by atoms with Gasteiger partial charge < -0.3 is 20.5 Å². The van der Waals surface area contributed by atoms with E-state index in [2.05, 4.69) is 34.2 Å². The zero-order chi connectivity index (χ0) is 14.8. The van der Waals surface area contributed by atoms with Crippen molar-refractivity contribution in [2.45, 2.75) is 13.2 Å². The summed E-state index contributed by atoms with van der Waals surface area (Å²) in [6.07, 6.45) is 0. The molecule has 0 aliphatic rings. The molecule has 0 saturated heterocycles. The van der Waals surface area contributed by atoms with Crippen molar-refractivity contribution in [3.63, 3.8) is 0 Å². The van der Waals surface area contributed by atoms with Crippen molar-refractivity contribution in [3.05, 3.63) is 52.2 Å². The second kappa shape index (κ2) is 9.52. The molecule has 4 nitrogen and oxygen atoms in total. The number of aliphatic hydroxyl groups excluding tert-OH is 1.